The van der Waals surface area contributed by atoms with Gasteiger partial charge in [-0.2, -0.15) is 0 Å². The maximum Gasteiger partial charge on any atom is 0.268 e. The number of aromatic nitrogens is 2. The number of rotatable bonds is 1. The molecule has 1 fully saturated rings. The van der Waals surface area contributed by atoms with E-state index in [1.807, 2.05) is 24.3 Å². The lowest BCUT2D eigenvalue weighted by molar-refractivity contribution is 0.0981. The number of allylic oxidation sites excluding steroid dienone is 3. The Bertz CT molecular complexity index is 1570. The standard InChI is InChI=1S/C32H40BrN5O3S/c1-20-16-23-8-7-9-27(20)42(40,41)37-30(39)24-11-13-28(31(2,3)4)36-29(24)38-19-21(18-32(38,5)6)10-12-25(35-23)26-17-22(33)14-15-34-26/h7-9,11,13-15,17,21,25,27,35H,1,10,12,16,18-19H2,2-6H3,(H,37,39)/t21-,25?,27?/m0/s1. The highest BCUT2D eigenvalue weighted by molar-refractivity contribution is 9.10. The van der Waals surface area contributed by atoms with Gasteiger partial charge < -0.3 is 10.2 Å². The second-order valence-corrected chi connectivity index (χ2v) is 16.0. The maximum atomic E-state index is 13.7. The zero-order valence-electron chi connectivity index (χ0n) is 24.9. The zero-order valence-corrected chi connectivity index (χ0v) is 27.3. The Hall–Kier alpha value is -2.98. The van der Waals surface area contributed by atoms with Crippen LogP contribution in [-0.4, -0.2) is 41.6 Å². The van der Waals surface area contributed by atoms with E-state index in [4.69, 9.17) is 4.98 Å². The number of carbonyl (C=O) groups excluding carboxylic acids is 1. The van der Waals surface area contributed by atoms with E-state index in [1.54, 1.807) is 24.4 Å². The Balaban J connectivity index is 1.61. The molecule has 224 valence electrons. The Morgan fingerprint density at radius 1 is 1.17 bits per heavy atom. The SMILES string of the molecule is C=C1CC2=CC=CC1S(=O)(=O)NC(=O)c1ccc(C(C)(C)C)nc1N1C[C@@H](CCC(c3cc(Br)ccn3)N2)CC1(C)C. The van der Waals surface area contributed by atoms with Gasteiger partial charge in [0, 0.05) is 46.0 Å². The van der Waals surface area contributed by atoms with Gasteiger partial charge in [-0.25, -0.2) is 18.1 Å². The third kappa shape index (κ3) is 6.34. The molecule has 2 aliphatic heterocycles. The van der Waals surface area contributed by atoms with Gasteiger partial charge >= 0.3 is 0 Å². The third-order valence-electron chi connectivity index (χ3n) is 8.40. The fourth-order valence-electron chi connectivity index (χ4n) is 6.22. The van der Waals surface area contributed by atoms with E-state index in [9.17, 15) is 13.2 Å². The molecule has 3 aliphatic rings. The van der Waals surface area contributed by atoms with E-state index in [0.29, 0.717) is 30.3 Å². The summed E-state index contributed by atoms with van der Waals surface area (Å²) in [6.45, 7) is 15.4. The average molecular weight is 655 g/mol. The van der Waals surface area contributed by atoms with Crippen LogP contribution in [0.3, 0.4) is 0 Å². The summed E-state index contributed by atoms with van der Waals surface area (Å²) >= 11 is 3.59. The van der Waals surface area contributed by atoms with E-state index in [0.717, 1.165) is 40.8 Å². The van der Waals surface area contributed by atoms with Gasteiger partial charge in [-0.1, -0.05) is 55.4 Å². The predicted octanol–water partition coefficient (Wildman–Crippen LogP) is 6.09. The number of carbonyl (C=O) groups is 1. The van der Waals surface area contributed by atoms with Gasteiger partial charge in [0.1, 0.15) is 11.1 Å². The van der Waals surface area contributed by atoms with E-state index >= 15 is 0 Å². The molecular weight excluding hydrogens is 614 g/mol. The Morgan fingerprint density at radius 2 is 1.93 bits per heavy atom. The summed E-state index contributed by atoms with van der Waals surface area (Å²) in [7, 11) is -4.13. The molecule has 4 heterocycles. The largest absolute Gasteiger partial charge is 0.380 e. The Kier molecular flexibility index (Phi) is 8.17. The normalized spacial score (nSPS) is 25.7. The first-order valence-electron chi connectivity index (χ1n) is 14.4. The minimum Gasteiger partial charge on any atom is -0.380 e. The highest BCUT2D eigenvalue weighted by Crippen LogP contribution is 2.41. The van der Waals surface area contributed by atoms with Crippen LogP contribution in [0.15, 0.2) is 71.0 Å². The highest BCUT2D eigenvalue weighted by atomic mass is 79.9. The number of pyridine rings is 2. The number of fused-ring (bicyclic) bond motifs is 7. The van der Waals surface area contributed by atoms with Crippen LogP contribution in [0.4, 0.5) is 5.82 Å². The molecule has 42 heavy (non-hydrogen) atoms. The van der Waals surface area contributed by atoms with Crippen molar-refractivity contribution in [1.29, 1.82) is 0 Å². The molecule has 1 amide bonds. The molecule has 2 aromatic rings. The molecule has 2 unspecified atom stereocenters. The van der Waals surface area contributed by atoms with Gasteiger partial charge in [-0.15, -0.1) is 0 Å². The van der Waals surface area contributed by atoms with Crippen LogP contribution in [0.1, 0.15) is 88.1 Å². The number of amides is 1. The first-order chi connectivity index (χ1) is 19.6. The predicted molar refractivity (Wildman–Crippen MR) is 171 cm³/mol. The molecule has 0 aromatic carbocycles. The summed E-state index contributed by atoms with van der Waals surface area (Å²) in [4.78, 5) is 25.6. The second-order valence-electron chi connectivity index (χ2n) is 13.3. The summed E-state index contributed by atoms with van der Waals surface area (Å²) in [5.41, 5.74) is 2.81. The fourth-order valence-corrected chi connectivity index (χ4v) is 7.88. The smallest absolute Gasteiger partial charge is 0.268 e. The van der Waals surface area contributed by atoms with Crippen LogP contribution in [0.25, 0.3) is 0 Å². The minimum atomic E-state index is -4.13. The zero-order chi connectivity index (χ0) is 30.4. The molecular formula is C32H40BrN5O3S. The van der Waals surface area contributed by atoms with Crippen molar-refractivity contribution in [3.63, 3.8) is 0 Å². The van der Waals surface area contributed by atoms with Gasteiger partial charge in [-0.05, 0) is 74.9 Å². The van der Waals surface area contributed by atoms with Crippen molar-refractivity contribution in [2.75, 3.05) is 11.4 Å². The van der Waals surface area contributed by atoms with Crippen molar-refractivity contribution in [1.82, 2.24) is 20.0 Å². The van der Waals surface area contributed by atoms with E-state index in [-0.39, 0.29) is 22.6 Å². The van der Waals surface area contributed by atoms with E-state index < -0.39 is 21.2 Å². The molecule has 0 radical (unpaired) electrons. The van der Waals surface area contributed by atoms with Crippen molar-refractivity contribution in [3.8, 4) is 0 Å². The third-order valence-corrected chi connectivity index (χ3v) is 10.5. The first-order valence-corrected chi connectivity index (χ1v) is 16.8. The van der Waals surface area contributed by atoms with Crippen molar-refractivity contribution in [2.24, 2.45) is 5.92 Å². The molecule has 10 heteroatoms. The topological polar surface area (TPSA) is 104 Å². The van der Waals surface area contributed by atoms with Gasteiger partial charge in [0.05, 0.1) is 17.3 Å². The summed E-state index contributed by atoms with van der Waals surface area (Å²) in [6.07, 6.45) is 9.99. The van der Waals surface area contributed by atoms with E-state index in [1.165, 1.54) is 0 Å². The van der Waals surface area contributed by atoms with Gasteiger partial charge in [0.25, 0.3) is 5.91 Å². The molecule has 1 saturated heterocycles. The Morgan fingerprint density at radius 3 is 2.64 bits per heavy atom. The summed E-state index contributed by atoms with van der Waals surface area (Å²) in [6, 6.07) is 7.40. The van der Waals surface area contributed by atoms with Gasteiger partial charge in [-0.3, -0.25) is 9.78 Å². The minimum absolute atomic E-state index is 0.0780. The molecule has 0 saturated carbocycles. The first kappa shape index (κ1) is 30.5. The quantitative estimate of drug-likeness (QED) is 0.359. The monoisotopic (exact) mass is 653 g/mol. The van der Waals surface area contributed by atoms with Crippen molar-refractivity contribution in [3.05, 3.63) is 88.0 Å². The average Bonchev–Trinajstić information content (AvgIpc) is 3.06. The molecule has 4 bridgehead atoms. The lowest BCUT2D eigenvalue weighted by atomic mass is 9.90. The second kappa shape index (κ2) is 11.3. The summed E-state index contributed by atoms with van der Waals surface area (Å²) < 4.78 is 30.6. The molecule has 1 aliphatic carbocycles. The molecule has 0 spiro atoms. The van der Waals surface area contributed by atoms with E-state index in [2.05, 4.69) is 77.1 Å². The summed E-state index contributed by atoms with van der Waals surface area (Å²) in [5, 5.41) is 2.59. The van der Waals surface area contributed by atoms with Crippen LogP contribution in [-0.2, 0) is 15.4 Å². The lowest BCUT2D eigenvalue weighted by Gasteiger charge is -2.34. The number of hydrogen-bond acceptors (Lipinski definition) is 7. The lowest BCUT2D eigenvalue weighted by Crippen LogP contribution is -2.42. The highest BCUT2D eigenvalue weighted by Gasteiger charge is 2.42. The van der Waals surface area contributed by atoms with Crippen LogP contribution in [0, 0.1) is 5.92 Å². The Labute approximate surface area is 258 Å². The molecule has 5 rings (SSSR count). The molecule has 3 atom stereocenters. The number of nitrogens with zero attached hydrogens (tertiary/aromatic N) is 3. The number of anilines is 1. The number of sulfonamides is 1. The van der Waals surface area contributed by atoms with Gasteiger partial charge in [0.15, 0.2) is 0 Å². The fraction of sp³-hybridized carbons (Fsp3) is 0.469. The maximum absolute atomic E-state index is 13.7. The molecule has 8 nitrogen and oxygen atoms in total. The number of halogens is 1. The molecule has 2 aromatic heterocycles. The number of nitrogens with one attached hydrogen (secondary N) is 2. The van der Waals surface area contributed by atoms with Crippen LogP contribution < -0.4 is 14.9 Å². The summed E-state index contributed by atoms with van der Waals surface area (Å²) in [5.74, 6) is 0.186. The van der Waals surface area contributed by atoms with Gasteiger partial charge in [0.2, 0.25) is 10.0 Å². The van der Waals surface area contributed by atoms with Crippen LogP contribution in [0.2, 0.25) is 0 Å². The number of hydrogen-bond donors (Lipinski definition) is 2. The molecule has 2 N–H and O–H groups in total. The van der Waals surface area contributed by atoms with Crippen molar-refractivity contribution < 1.29 is 13.2 Å². The van der Waals surface area contributed by atoms with Crippen molar-refractivity contribution >= 4 is 37.7 Å². The van der Waals surface area contributed by atoms with Crippen molar-refractivity contribution in [2.45, 2.75) is 82.5 Å². The van der Waals surface area contributed by atoms with Crippen LogP contribution in [0.5, 0.6) is 0 Å². The van der Waals surface area contributed by atoms with Crippen LogP contribution >= 0.6 is 15.9 Å².